The Kier molecular flexibility index (Phi) is 6.29. The fourth-order valence-corrected chi connectivity index (χ4v) is 2.71. The number of anilines is 1. The predicted octanol–water partition coefficient (Wildman–Crippen LogP) is 4.56. The van der Waals surface area contributed by atoms with E-state index >= 15 is 0 Å². The second kappa shape index (κ2) is 9.06. The van der Waals surface area contributed by atoms with Gasteiger partial charge in [0.05, 0.1) is 16.7 Å². The van der Waals surface area contributed by atoms with Crippen molar-refractivity contribution >= 4 is 41.1 Å². The van der Waals surface area contributed by atoms with Crippen molar-refractivity contribution in [2.75, 3.05) is 5.32 Å². The summed E-state index contributed by atoms with van der Waals surface area (Å²) in [7, 11) is 0. The van der Waals surface area contributed by atoms with E-state index in [9.17, 15) is 19.7 Å². The lowest BCUT2D eigenvalue weighted by molar-refractivity contribution is -0.402. The number of nitro groups is 1. The number of benzene rings is 2. The molecule has 1 heterocycles. The minimum absolute atomic E-state index is 0.0233. The van der Waals surface area contributed by atoms with E-state index in [1.165, 1.54) is 18.2 Å². The molecule has 152 valence electrons. The van der Waals surface area contributed by atoms with Crippen molar-refractivity contribution in [2.24, 2.45) is 0 Å². The zero-order valence-electron chi connectivity index (χ0n) is 15.7. The molecule has 0 spiro atoms. The molecule has 2 aromatic carbocycles. The SMILES string of the molecule is Cc1ccc(NC(=O)/C(=C\c2ccc([N+](=O)[O-])o2)NC(=O)c2ccccc2Cl)cc1. The van der Waals surface area contributed by atoms with Crippen LogP contribution in [-0.2, 0) is 4.79 Å². The number of halogens is 1. The monoisotopic (exact) mass is 425 g/mol. The lowest BCUT2D eigenvalue weighted by Crippen LogP contribution is -2.30. The number of hydrogen-bond donors (Lipinski definition) is 2. The number of carbonyl (C=O) groups excluding carboxylic acids is 2. The molecule has 0 radical (unpaired) electrons. The molecule has 0 saturated carbocycles. The van der Waals surface area contributed by atoms with Gasteiger partial charge in [-0.3, -0.25) is 19.7 Å². The van der Waals surface area contributed by atoms with Crippen LogP contribution in [0.3, 0.4) is 0 Å². The molecular weight excluding hydrogens is 410 g/mol. The molecule has 0 atom stereocenters. The minimum atomic E-state index is -0.703. The molecule has 0 aliphatic carbocycles. The predicted molar refractivity (Wildman–Crippen MR) is 112 cm³/mol. The molecule has 0 aliphatic heterocycles. The average Bonchev–Trinajstić information content (AvgIpc) is 3.18. The summed E-state index contributed by atoms with van der Waals surface area (Å²) >= 11 is 6.05. The first-order chi connectivity index (χ1) is 14.3. The smallest absolute Gasteiger partial charge is 0.401 e. The molecule has 0 bridgehead atoms. The molecule has 2 amide bonds. The van der Waals surface area contributed by atoms with Gasteiger partial charge >= 0.3 is 5.88 Å². The van der Waals surface area contributed by atoms with Crippen molar-refractivity contribution in [1.82, 2.24) is 5.32 Å². The third kappa shape index (κ3) is 5.12. The molecule has 3 aromatic rings. The van der Waals surface area contributed by atoms with Gasteiger partial charge in [-0.05, 0) is 37.3 Å². The quantitative estimate of drug-likeness (QED) is 0.341. The number of hydrogen-bond acceptors (Lipinski definition) is 5. The summed E-state index contributed by atoms with van der Waals surface area (Å²) in [6, 6.07) is 15.9. The lowest BCUT2D eigenvalue weighted by Gasteiger charge is -2.11. The van der Waals surface area contributed by atoms with Gasteiger partial charge in [0.15, 0.2) is 0 Å². The number of furan rings is 1. The van der Waals surface area contributed by atoms with E-state index in [0.717, 1.165) is 11.6 Å². The third-order valence-electron chi connectivity index (χ3n) is 4.00. The minimum Gasteiger partial charge on any atom is -0.401 e. The van der Waals surface area contributed by atoms with Gasteiger partial charge in [-0.25, -0.2) is 0 Å². The van der Waals surface area contributed by atoms with Crippen molar-refractivity contribution in [3.05, 3.63) is 98.4 Å². The van der Waals surface area contributed by atoms with Gasteiger partial charge in [0.2, 0.25) is 0 Å². The van der Waals surface area contributed by atoms with Gasteiger partial charge < -0.3 is 15.1 Å². The topological polar surface area (TPSA) is 114 Å². The highest BCUT2D eigenvalue weighted by Crippen LogP contribution is 2.20. The lowest BCUT2D eigenvalue weighted by atomic mass is 10.2. The summed E-state index contributed by atoms with van der Waals surface area (Å²) in [6.07, 6.45) is 1.20. The first-order valence-corrected chi connectivity index (χ1v) is 9.11. The maximum atomic E-state index is 12.8. The van der Waals surface area contributed by atoms with E-state index in [1.807, 2.05) is 19.1 Å². The maximum absolute atomic E-state index is 12.8. The Bertz CT molecular complexity index is 1140. The van der Waals surface area contributed by atoms with E-state index in [-0.39, 0.29) is 22.0 Å². The van der Waals surface area contributed by atoms with Gasteiger partial charge in [-0.1, -0.05) is 41.4 Å². The summed E-state index contributed by atoms with van der Waals surface area (Å²) in [5, 5.41) is 16.2. The second-order valence-corrected chi connectivity index (χ2v) is 6.65. The molecule has 8 nitrogen and oxygen atoms in total. The van der Waals surface area contributed by atoms with E-state index in [1.54, 1.807) is 30.3 Å². The second-order valence-electron chi connectivity index (χ2n) is 6.25. The fourth-order valence-electron chi connectivity index (χ4n) is 2.49. The van der Waals surface area contributed by atoms with Crippen LogP contribution < -0.4 is 10.6 Å². The highest BCUT2D eigenvalue weighted by Gasteiger charge is 2.18. The molecule has 0 aliphatic rings. The molecule has 0 unspecified atom stereocenters. The van der Waals surface area contributed by atoms with Crippen LogP contribution in [0.2, 0.25) is 5.02 Å². The van der Waals surface area contributed by atoms with Gasteiger partial charge in [-0.2, -0.15) is 0 Å². The Morgan fingerprint density at radius 2 is 1.77 bits per heavy atom. The summed E-state index contributed by atoms with van der Waals surface area (Å²) in [5.74, 6) is -1.72. The van der Waals surface area contributed by atoms with Crippen LogP contribution in [-0.4, -0.2) is 16.7 Å². The molecular formula is C21H16ClN3O5. The molecule has 2 N–H and O–H groups in total. The van der Waals surface area contributed by atoms with Gasteiger partial charge in [0, 0.05) is 11.8 Å². The van der Waals surface area contributed by atoms with Crippen molar-refractivity contribution in [1.29, 1.82) is 0 Å². The van der Waals surface area contributed by atoms with Crippen molar-refractivity contribution in [3.8, 4) is 0 Å². The summed E-state index contributed by atoms with van der Waals surface area (Å²) in [4.78, 5) is 35.5. The van der Waals surface area contributed by atoms with Crippen LogP contribution in [0.25, 0.3) is 6.08 Å². The van der Waals surface area contributed by atoms with Crippen LogP contribution in [0, 0.1) is 17.0 Å². The summed E-state index contributed by atoms with van der Waals surface area (Å²) in [5.41, 5.74) is 1.51. The van der Waals surface area contributed by atoms with Gasteiger partial charge in [0.1, 0.15) is 16.4 Å². The molecule has 3 rings (SSSR count). The largest absolute Gasteiger partial charge is 0.433 e. The van der Waals surface area contributed by atoms with Gasteiger partial charge in [0.25, 0.3) is 11.8 Å². The number of amides is 2. The maximum Gasteiger partial charge on any atom is 0.433 e. The van der Waals surface area contributed by atoms with Gasteiger partial charge in [-0.15, -0.1) is 0 Å². The summed E-state index contributed by atoms with van der Waals surface area (Å²) < 4.78 is 5.07. The van der Waals surface area contributed by atoms with Crippen LogP contribution in [0.5, 0.6) is 0 Å². The molecule has 0 fully saturated rings. The van der Waals surface area contributed by atoms with Crippen LogP contribution in [0.15, 0.2) is 70.8 Å². The van der Waals surface area contributed by atoms with E-state index in [4.69, 9.17) is 16.0 Å². The highest BCUT2D eigenvalue weighted by atomic mass is 35.5. The number of rotatable bonds is 6. The van der Waals surface area contributed by atoms with Crippen molar-refractivity contribution in [3.63, 3.8) is 0 Å². The number of nitrogens with one attached hydrogen (secondary N) is 2. The van der Waals surface area contributed by atoms with E-state index in [0.29, 0.717) is 5.69 Å². The molecule has 9 heteroatoms. The number of nitrogens with zero attached hydrogens (tertiary/aromatic N) is 1. The van der Waals surface area contributed by atoms with Crippen molar-refractivity contribution in [2.45, 2.75) is 6.92 Å². The van der Waals surface area contributed by atoms with Crippen LogP contribution >= 0.6 is 11.6 Å². The zero-order valence-corrected chi connectivity index (χ0v) is 16.5. The Morgan fingerprint density at radius 3 is 2.40 bits per heavy atom. The third-order valence-corrected chi connectivity index (χ3v) is 4.33. The zero-order chi connectivity index (χ0) is 21.7. The first-order valence-electron chi connectivity index (χ1n) is 8.73. The standard InChI is InChI=1S/C21H16ClN3O5/c1-13-6-8-14(9-7-13)23-21(27)18(12-15-10-11-19(30-15)25(28)29)24-20(26)16-4-2-3-5-17(16)22/h2-12H,1H3,(H,23,27)(H,24,26)/b18-12+. The Hall–Kier alpha value is -3.91. The Labute approximate surface area is 176 Å². The Morgan fingerprint density at radius 1 is 1.07 bits per heavy atom. The molecule has 1 aromatic heterocycles. The number of aryl methyl sites for hydroxylation is 1. The van der Waals surface area contributed by atoms with E-state index in [2.05, 4.69) is 10.6 Å². The number of carbonyl (C=O) groups is 2. The van der Waals surface area contributed by atoms with Crippen LogP contribution in [0.1, 0.15) is 21.7 Å². The van der Waals surface area contributed by atoms with E-state index < -0.39 is 22.6 Å². The molecule has 30 heavy (non-hydrogen) atoms. The first kappa shape index (κ1) is 20.8. The summed E-state index contributed by atoms with van der Waals surface area (Å²) in [6.45, 7) is 1.91. The van der Waals surface area contributed by atoms with Crippen molar-refractivity contribution < 1.29 is 18.9 Å². The highest BCUT2D eigenvalue weighted by molar-refractivity contribution is 6.34. The Balaban J connectivity index is 1.90. The van der Waals surface area contributed by atoms with Crippen LogP contribution in [0.4, 0.5) is 11.6 Å². The fraction of sp³-hybridized carbons (Fsp3) is 0.0476. The average molecular weight is 426 g/mol. The normalized spacial score (nSPS) is 11.1. The molecule has 0 saturated heterocycles.